The number of aliphatic carboxylic acids is 1. The third kappa shape index (κ3) is 6.57. The number of rotatable bonds is 11. The van der Waals surface area contributed by atoms with Crippen molar-refractivity contribution in [3.8, 4) is 5.75 Å². The lowest BCUT2D eigenvalue weighted by Crippen LogP contribution is -2.46. The maximum atomic E-state index is 13.5. The number of allylic oxidation sites excluding steroid dienone is 1. The first-order valence-electron chi connectivity index (χ1n) is 13.5. The average Bonchev–Trinajstić information content (AvgIpc) is 3.12. The topological polar surface area (TPSA) is 145 Å². The summed E-state index contributed by atoms with van der Waals surface area (Å²) in [7, 11) is -1.09. The number of benzene rings is 1. The Morgan fingerprint density at radius 3 is 2.64 bits per heavy atom. The largest absolute Gasteiger partial charge is 0.508 e. The van der Waals surface area contributed by atoms with Gasteiger partial charge in [-0.15, -0.1) is 0 Å². The molecule has 2 amide bonds. The van der Waals surface area contributed by atoms with Crippen molar-refractivity contribution in [1.82, 2.24) is 4.90 Å². The van der Waals surface area contributed by atoms with Gasteiger partial charge in [-0.25, -0.2) is 0 Å². The van der Waals surface area contributed by atoms with Gasteiger partial charge < -0.3 is 25.0 Å². The van der Waals surface area contributed by atoms with Crippen LogP contribution in [0.1, 0.15) is 57.4 Å². The van der Waals surface area contributed by atoms with E-state index in [9.17, 15) is 29.6 Å². The number of nitrogens with zero attached hydrogens (tertiary/aromatic N) is 1. The Hall–Kier alpha value is -2.66. The molecule has 0 unspecified atom stereocenters. The summed E-state index contributed by atoms with van der Waals surface area (Å²) in [5.41, 5.74) is 3.29. The molecule has 3 aliphatic rings. The van der Waals surface area contributed by atoms with E-state index in [4.69, 9.17) is 21.4 Å². The molecule has 1 aliphatic carbocycles. The highest BCUT2D eigenvalue weighted by atomic mass is 35.5. The first-order chi connectivity index (χ1) is 18.6. The summed E-state index contributed by atoms with van der Waals surface area (Å²) in [5.74, 6) is -2.87. The van der Waals surface area contributed by atoms with E-state index < -0.39 is 36.9 Å². The number of carboxylic acid groups (broad SMARTS) is 1. The predicted molar refractivity (Wildman–Crippen MR) is 146 cm³/mol. The molecule has 0 bridgehead atoms. The van der Waals surface area contributed by atoms with Gasteiger partial charge in [0.2, 0.25) is 11.8 Å². The molecule has 2 saturated heterocycles. The number of phenolic OH excluding ortho intramolecular Hbond substituents is 1. The van der Waals surface area contributed by atoms with E-state index in [0.29, 0.717) is 42.7 Å². The molecule has 9 nitrogen and oxygen atoms in total. The van der Waals surface area contributed by atoms with Gasteiger partial charge in [0.05, 0.1) is 29.6 Å². The van der Waals surface area contributed by atoms with E-state index in [-0.39, 0.29) is 49.9 Å². The molecule has 4 atom stereocenters. The summed E-state index contributed by atoms with van der Waals surface area (Å²) in [6.07, 6.45) is 4.67. The van der Waals surface area contributed by atoms with Gasteiger partial charge in [0, 0.05) is 13.0 Å². The number of halogens is 1. The first kappa shape index (κ1) is 29.3. The molecule has 11 heteroatoms. The number of aliphatic hydroxyl groups is 1. The van der Waals surface area contributed by atoms with Gasteiger partial charge in [-0.05, 0) is 86.2 Å². The van der Waals surface area contributed by atoms with E-state index in [1.165, 1.54) is 11.0 Å². The number of phenols is 1. The van der Waals surface area contributed by atoms with E-state index >= 15 is 0 Å². The van der Waals surface area contributed by atoms with Crippen LogP contribution in [0.2, 0.25) is 11.3 Å². The molecule has 0 saturated carbocycles. The highest BCUT2D eigenvalue weighted by Gasteiger charge is 2.57. The number of carbonyl (C=O) groups excluding carboxylic acids is 2. The lowest BCUT2D eigenvalue weighted by atomic mass is 9.58. The fourth-order valence-electron chi connectivity index (χ4n) is 6.25. The summed E-state index contributed by atoms with van der Waals surface area (Å²) >= 11 is 6.23. The zero-order chi connectivity index (χ0) is 28.3. The van der Waals surface area contributed by atoms with Crippen LogP contribution in [0.3, 0.4) is 0 Å². The molecule has 39 heavy (non-hydrogen) atoms. The number of unbranched alkanes of at least 4 members (excludes halogenated alkanes) is 2. The van der Waals surface area contributed by atoms with Crippen molar-refractivity contribution in [3.05, 3.63) is 45.5 Å². The van der Waals surface area contributed by atoms with Gasteiger partial charge in [0.1, 0.15) is 5.75 Å². The smallest absolute Gasteiger partial charge is 0.455 e. The van der Waals surface area contributed by atoms with Crippen LogP contribution >= 0.6 is 11.6 Å². The molecule has 1 aromatic carbocycles. The van der Waals surface area contributed by atoms with Crippen LogP contribution in [-0.4, -0.2) is 69.4 Å². The van der Waals surface area contributed by atoms with Crippen LogP contribution in [-0.2, 0) is 19.0 Å². The molecule has 0 radical (unpaired) electrons. The number of amides is 2. The van der Waals surface area contributed by atoms with Crippen molar-refractivity contribution in [3.63, 3.8) is 0 Å². The Balaban J connectivity index is 1.48. The number of hydrogen-bond acceptors (Lipinski definition) is 7. The van der Waals surface area contributed by atoms with Crippen molar-refractivity contribution in [2.24, 2.45) is 17.8 Å². The molecule has 0 aromatic heterocycles. The molecule has 4 N–H and O–H groups in total. The van der Waals surface area contributed by atoms with Crippen molar-refractivity contribution in [2.75, 3.05) is 13.2 Å². The van der Waals surface area contributed by atoms with E-state index in [2.05, 4.69) is 0 Å². The van der Waals surface area contributed by atoms with Gasteiger partial charge >= 0.3 is 13.1 Å². The Labute approximate surface area is 233 Å². The summed E-state index contributed by atoms with van der Waals surface area (Å²) < 4.78 is 5.92. The second-order valence-corrected chi connectivity index (χ2v) is 11.1. The van der Waals surface area contributed by atoms with Crippen molar-refractivity contribution in [2.45, 2.75) is 64.3 Å². The Kier molecular flexibility index (Phi) is 9.53. The van der Waals surface area contributed by atoms with Gasteiger partial charge in [0.25, 0.3) is 0 Å². The minimum Gasteiger partial charge on any atom is -0.508 e. The van der Waals surface area contributed by atoms with Crippen LogP contribution < -0.4 is 0 Å². The molecule has 1 aromatic rings. The molecule has 2 aliphatic heterocycles. The number of carboxylic acids is 1. The third-order valence-corrected chi connectivity index (χ3v) is 8.38. The fraction of sp³-hybridized carbons (Fsp3) is 0.536. The van der Waals surface area contributed by atoms with Crippen LogP contribution in [0.25, 0.3) is 6.08 Å². The van der Waals surface area contributed by atoms with E-state index in [1.807, 2.05) is 13.0 Å². The number of fused-ring (bicyclic) bond motifs is 3. The van der Waals surface area contributed by atoms with Crippen LogP contribution in [0, 0.1) is 17.8 Å². The van der Waals surface area contributed by atoms with Gasteiger partial charge in [-0.3, -0.25) is 19.3 Å². The first-order valence-corrected chi connectivity index (χ1v) is 13.9. The number of aromatic hydroxyl groups is 1. The molecule has 2 heterocycles. The number of carbonyl (C=O) groups is 3. The number of aliphatic hydroxyl groups excluding tert-OH is 1. The average molecular weight is 560 g/mol. The molecular formula is C28H35BClNO8. The summed E-state index contributed by atoms with van der Waals surface area (Å²) in [6, 6.07) is 4.76. The Morgan fingerprint density at radius 1 is 1.18 bits per heavy atom. The van der Waals surface area contributed by atoms with Crippen molar-refractivity contribution >= 4 is 42.6 Å². The predicted octanol–water partition coefficient (Wildman–Crippen LogP) is 3.66. The number of imide groups is 1. The highest BCUT2D eigenvalue weighted by Crippen LogP contribution is 2.50. The quantitative estimate of drug-likeness (QED) is 0.139. The van der Waals surface area contributed by atoms with E-state index in [0.717, 1.165) is 16.7 Å². The fourth-order valence-corrected chi connectivity index (χ4v) is 6.48. The van der Waals surface area contributed by atoms with Crippen LogP contribution in [0.5, 0.6) is 5.75 Å². The summed E-state index contributed by atoms with van der Waals surface area (Å²) in [5, 5.41) is 39.7. The van der Waals surface area contributed by atoms with Gasteiger partial charge in [-0.1, -0.05) is 29.7 Å². The number of likely N-dealkylation sites (tertiary alicyclic amines) is 1. The number of hydrogen-bond donors (Lipinski definition) is 4. The Bertz CT molecular complexity index is 1180. The Morgan fingerprint density at radius 2 is 1.95 bits per heavy atom. The maximum Gasteiger partial charge on any atom is 0.455 e. The molecule has 0 spiro atoms. The SMILES string of the molecule is C/C(=C\c1ccc(O)cc1Cl)CC[C@H]1OB(O)C[C@H]2C1=C(CO)C[C@H]1C(=O)N(CCCCCC(=O)O)C(=O)[C@H]12. The van der Waals surface area contributed by atoms with Gasteiger partial charge in [-0.2, -0.15) is 0 Å². The standard InChI is InChI=1S/C28H35BClNO8/c1-16(11-17-7-8-19(33)13-22(17)30)6-9-23-25-18(15-32)12-20-26(21(25)14-29(38)39-23)28(37)31(27(20)36)10-4-2-3-5-24(34)35/h7-8,11,13,20-21,23,26,32-33,38H,2-6,9-10,12,14-15H2,1H3,(H,34,35)/b16-11+/t20-,21+,23-,26-/m1/s1. The lowest BCUT2D eigenvalue weighted by Gasteiger charge is -2.42. The molecule has 2 fully saturated rings. The zero-order valence-corrected chi connectivity index (χ0v) is 22.8. The second kappa shape index (κ2) is 12.7. The van der Waals surface area contributed by atoms with Crippen LogP contribution in [0.4, 0.5) is 0 Å². The molecular weight excluding hydrogens is 525 g/mol. The highest BCUT2D eigenvalue weighted by molar-refractivity contribution is 6.43. The van der Waals surface area contributed by atoms with E-state index in [1.54, 1.807) is 12.1 Å². The molecule has 210 valence electrons. The second-order valence-electron chi connectivity index (χ2n) is 10.7. The third-order valence-electron chi connectivity index (χ3n) is 8.05. The minimum absolute atomic E-state index is 0.0538. The van der Waals surface area contributed by atoms with Crippen LogP contribution in [0.15, 0.2) is 34.9 Å². The summed E-state index contributed by atoms with van der Waals surface area (Å²) in [6.45, 7) is 1.94. The lowest BCUT2D eigenvalue weighted by molar-refractivity contribution is -0.141. The summed E-state index contributed by atoms with van der Waals surface area (Å²) in [4.78, 5) is 38.7. The van der Waals surface area contributed by atoms with Crippen molar-refractivity contribution < 1.29 is 39.4 Å². The molecule has 4 rings (SSSR count). The zero-order valence-electron chi connectivity index (χ0n) is 22.0. The monoisotopic (exact) mass is 559 g/mol. The van der Waals surface area contributed by atoms with Crippen molar-refractivity contribution in [1.29, 1.82) is 0 Å². The normalized spacial score (nSPS) is 25.3. The minimum atomic E-state index is -1.09. The maximum absolute atomic E-state index is 13.5. The van der Waals surface area contributed by atoms with Gasteiger partial charge in [0.15, 0.2) is 0 Å².